The maximum absolute atomic E-state index is 12.5. The van der Waals surface area contributed by atoms with Crippen molar-refractivity contribution in [3.63, 3.8) is 0 Å². The highest BCUT2D eigenvalue weighted by Gasteiger charge is 2.44. The van der Waals surface area contributed by atoms with Crippen LogP contribution in [0.1, 0.15) is 38.5 Å². The van der Waals surface area contributed by atoms with Crippen LogP contribution in [0.3, 0.4) is 0 Å². The third-order valence-electron chi connectivity index (χ3n) is 4.36. The summed E-state index contributed by atoms with van der Waals surface area (Å²) in [6.45, 7) is 0.155. The quantitative estimate of drug-likeness (QED) is 0.821. The normalized spacial score (nSPS) is 29.6. The van der Waals surface area contributed by atoms with Crippen LogP contribution in [0.15, 0.2) is 0 Å². The molecule has 6 nitrogen and oxygen atoms in total. The van der Waals surface area contributed by atoms with Crippen molar-refractivity contribution < 1.29 is 23.1 Å². The van der Waals surface area contributed by atoms with Crippen LogP contribution in [-0.2, 0) is 19.6 Å². The molecule has 1 aliphatic heterocycles. The molecule has 0 spiro atoms. The molecule has 0 aromatic rings. The third kappa shape index (κ3) is 3.51. The number of methoxy groups -OCH3 is 1. The molecule has 1 N–H and O–H groups in total. The van der Waals surface area contributed by atoms with Gasteiger partial charge in [-0.1, -0.05) is 19.3 Å². The highest BCUT2D eigenvalue weighted by molar-refractivity contribution is 7.89. The maximum Gasteiger partial charge on any atom is 0.322 e. The minimum atomic E-state index is -3.52. The highest BCUT2D eigenvalue weighted by atomic mass is 32.2. The summed E-state index contributed by atoms with van der Waals surface area (Å²) in [7, 11) is -2.04. The SMILES string of the molecule is COC1CC(C(=O)O)N(S(=O)(=O)CC2CCCCC2)C1. The van der Waals surface area contributed by atoms with E-state index in [1.54, 1.807) is 0 Å². The predicted molar refractivity (Wildman–Crippen MR) is 73.9 cm³/mol. The summed E-state index contributed by atoms with van der Waals surface area (Å²) in [4.78, 5) is 11.3. The lowest BCUT2D eigenvalue weighted by molar-refractivity contribution is -0.140. The van der Waals surface area contributed by atoms with Gasteiger partial charge in [0.25, 0.3) is 0 Å². The number of sulfonamides is 1. The average molecular weight is 305 g/mol. The van der Waals surface area contributed by atoms with E-state index in [-0.39, 0.29) is 30.7 Å². The fourth-order valence-corrected chi connectivity index (χ4v) is 5.30. The molecule has 2 aliphatic rings. The van der Waals surface area contributed by atoms with Crippen molar-refractivity contribution in [3.8, 4) is 0 Å². The third-order valence-corrected chi connectivity index (χ3v) is 6.37. The lowest BCUT2D eigenvalue weighted by atomic mass is 9.91. The molecule has 1 heterocycles. The Hall–Kier alpha value is -0.660. The van der Waals surface area contributed by atoms with E-state index in [0.29, 0.717) is 0 Å². The van der Waals surface area contributed by atoms with Crippen LogP contribution in [0.25, 0.3) is 0 Å². The molecule has 2 unspecified atom stereocenters. The molecule has 2 fully saturated rings. The first kappa shape index (κ1) is 15.7. The molecule has 7 heteroatoms. The second-order valence-electron chi connectivity index (χ2n) is 5.80. The Labute approximate surface area is 120 Å². The van der Waals surface area contributed by atoms with E-state index in [1.807, 2.05) is 0 Å². The molecule has 2 atom stereocenters. The van der Waals surface area contributed by atoms with Crippen molar-refractivity contribution in [3.05, 3.63) is 0 Å². The summed E-state index contributed by atoms with van der Waals surface area (Å²) >= 11 is 0. The van der Waals surface area contributed by atoms with Gasteiger partial charge in [0.05, 0.1) is 11.9 Å². The van der Waals surface area contributed by atoms with E-state index < -0.39 is 22.0 Å². The molecule has 1 saturated carbocycles. The first-order chi connectivity index (χ1) is 9.44. The Morgan fingerprint density at radius 1 is 1.30 bits per heavy atom. The molecule has 0 radical (unpaired) electrons. The van der Waals surface area contributed by atoms with Crippen molar-refractivity contribution in [2.24, 2.45) is 5.92 Å². The Kier molecular flexibility index (Phi) is 5.04. The lowest BCUT2D eigenvalue weighted by Crippen LogP contribution is -2.43. The molecule has 0 aromatic carbocycles. The van der Waals surface area contributed by atoms with Gasteiger partial charge in [0.2, 0.25) is 10.0 Å². The van der Waals surface area contributed by atoms with Crippen LogP contribution in [-0.4, -0.2) is 55.4 Å². The summed E-state index contributed by atoms with van der Waals surface area (Å²) in [6.07, 6.45) is 5.08. The Morgan fingerprint density at radius 2 is 1.95 bits per heavy atom. The van der Waals surface area contributed by atoms with Crippen LogP contribution in [0.5, 0.6) is 0 Å². The summed E-state index contributed by atoms with van der Waals surface area (Å²) in [6, 6.07) is -0.978. The van der Waals surface area contributed by atoms with E-state index in [9.17, 15) is 18.3 Å². The van der Waals surface area contributed by atoms with E-state index in [2.05, 4.69) is 0 Å². The number of ether oxygens (including phenoxy) is 1. The second-order valence-corrected chi connectivity index (χ2v) is 7.77. The van der Waals surface area contributed by atoms with Gasteiger partial charge in [0, 0.05) is 20.1 Å². The molecule has 0 bridgehead atoms. The molecular formula is C13H23NO5S. The lowest BCUT2D eigenvalue weighted by Gasteiger charge is -2.26. The van der Waals surface area contributed by atoms with Gasteiger partial charge in [-0.2, -0.15) is 4.31 Å². The number of carboxylic acids is 1. The van der Waals surface area contributed by atoms with Gasteiger partial charge in [0.1, 0.15) is 6.04 Å². The van der Waals surface area contributed by atoms with Crippen molar-refractivity contribution in [2.75, 3.05) is 19.4 Å². The van der Waals surface area contributed by atoms with E-state index in [1.165, 1.54) is 13.5 Å². The Morgan fingerprint density at radius 3 is 2.50 bits per heavy atom. The zero-order chi connectivity index (χ0) is 14.8. The van der Waals surface area contributed by atoms with Crippen LogP contribution in [0.4, 0.5) is 0 Å². The van der Waals surface area contributed by atoms with E-state index in [0.717, 1.165) is 30.0 Å². The molecular weight excluding hydrogens is 282 g/mol. The molecule has 2 rings (SSSR count). The van der Waals surface area contributed by atoms with Crippen LogP contribution >= 0.6 is 0 Å². The maximum atomic E-state index is 12.5. The molecule has 1 saturated heterocycles. The monoisotopic (exact) mass is 305 g/mol. The zero-order valence-electron chi connectivity index (χ0n) is 11.8. The van der Waals surface area contributed by atoms with E-state index in [4.69, 9.17) is 4.74 Å². The van der Waals surface area contributed by atoms with Crippen molar-refractivity contribution in [1.82, 2.24) is 4.31 Å². The van der Waals surface area contributed by atoms with Gasteiger partial charge < -0.3 is 9.84 Å². The molecule has 1 aliphatic carbocycles. The number of nitrogens with zero attached hydrogens (tertiary/aromatic N) is 1. The van der Waals surface area contributed by atoms with Gasteiger partial charge >= 0.3 is 5.97 Å². The topological polar surface area (TPSA) is 83.9 Å². The summed E-state index contributed by atoms with van der Waals surface area (Å²) < 4.78 is 31.2. The number of aliphatic carboxylic acids is 1. The zero-order valence-corrected chi connectivity index (χ0v) is 12.6. The minimum Gasteiger partial charge on any atom is -0.480 e. The summed E-state index contributed by atoms with van der Waals surface area (Å²) in [5.74, 6) is -0.839. The standard InChI is InChI=1S/C13H23NO5S/c1-19-11-7-12(13(15)16)14(8-11)20(17,18)9-10-5-3-2-4-6-10/h10-12H,2-9H2,1H3,(H,15,16). The molecule has 116 valence electrons. The van der Waals surface area contributed by atoms with Crippen LogP contribution < -0.4 is 0 Å². The van der Waals surface area contributed by atoms with Gasteiger partial charge in [-0.05, 0) is 18.8 Å². The average Bonchev–Trinajstić information content (AvgIpc) is 2.84. The smallest absolute Gasteiger partial charge is 0.322 e. The van der Waals surface area contributed by atoms with Gasteiger partial charge in [-0.15, -0.1) is 0 Å². The second kappa shape index (κ2) is 6.41. The number of hydrogen-bond donors (Lipinski definition) is 1. The highest BCUT2D eigenvalue weighted by Crippen LogP contribution is 2.29. The molecule has 0 amide bonds. The number of carbonyl (C=O) groups is 1. The van der Waals surface area contributed by atoms with Crippen LogP contribution in [0.2, 0.25) is 0 Å². The first-order valence-electron chi connectivity index (χ1n) is 7.19. The fraction of sp³-hybridized carbons (Fsp3) is 0.923. The van der Waals surface area contributed by atoms with Crippen molar-refractivity contribution in [2.45, 2.75) is 50.7 Å². The van der Waals surface area contributed by atoms with Gasteiger partial charge in [-0.25, -0.2) is 8.42 Å². The fourth-order valence-electron chi connectivity index (χ4n) is 3.22. The predicted octanol–water partition coefficient (Wildman–Crippen LogP) is 1.07. The molecule has 20 heavy (non-hydrogen) atoms. The van der Waals surface area contributed by atoms with Crippen molar-refractivity contribution in [1.29, 1.82) is 0 Å². The number of hydrogen-bond acceptors (Lipinski definition) is 4. The molecule has 0 aromatic heterocycles. The van der Waals surface area contributed by atoms with E-state index >= 15 is 0 Å². The van der Waals surface area contributed by atoms with Crippen LogP contribution in [0, 0.1) is 5.92 Å². The van der Waals surface area contributed by atoms with Gasteiger partial charge in [-0.3, -0.25) is 4.79 Å². The Bertz CT molecular complexity index is 444. The number of rotatable bonds is 5. The number of carboxylic acid groups (broad SMARTS) is 1. The summed E-state index contributed by atoms with van der Waals surface area (Å²) in [5.41, 5.74) is 0. The van der Waals surface area contributed by atoms with Crippen molar-refractivity contribution >= 4 is 16.0 Å². The van der Waals surface area contributed by atoms with Gasteiger partial charge in [0.15, 0.2) is 0 Å². The Balaban J connectivity index is 2.08. The minimum absolute atomic E-state index is 0.0766. The first-order valence-corrected chi connectivity index (χ1v) is 8.80. The summed E-state index contributed by atoms with van der Waals surface area (Å²) in [5, 5.41) is 9.20. The largest absolute Gasteiger partial charge is 0.480 e.